The van der Waals surface area contributed by atoms with E-state index in [9.17, 15) is 0 Å². The molecular formula is C39H24IrN4O-2. The standard InChI is InChI=1S/C28H16N3O.C11H8N.Ir/c1-2-9-18(10-3-1)31-26-21-12-4-6-15-23(21)29-17-24(26)30-28(31)22-14-8-13-20-19-11-5-7-16-25(19)32-27(20)22;1-2-6-10(7-3-1)11-8-4-5-9-12-11;/h1-13,15-17H;1-6,8-9H;/q2*-1;. The molecule has 0 saturated carbocycles. The van der Waals surface area contributed by atoms with Crippen molar-refractivity contribution in [3.8, 4) is 28.3 Å². The molecule has 4 aromatic heterocycles. The van der Waals surface area contributed by atoms with E-state index in [4.69, 9.17) is 9.40 Å². The van der Waals surface area contributed by atoms with Crippen molar-refractivity contribution >= 4 is 43.9 Å². The first-order valence-electron chi connectivity index (χ1n) is 14.4. The number of aromatic nitrogens is 4. The van der Waals surface area contributed by atoms with Gasteiger partial charge in [-0.1, -0.05) is 77.7 Å². The minimum atomic E-state index is 0. The van der Waals surface area contributed by atoms with Gasteiger partial charge in [0.2, 0.25) is 0 Å². The summed E-state index contributed by atoms with van der Waals surface area (Å²) in [5.41, 5.74) is 8.33. The van der Waals surface area contributed by atoms with Crippen LogP contribution in [0.3, 0.4) is 0 Å². The molecule has 9 rings (SSSR count). The van der Waals surface area contributed by atoms with E-state index in [-0.39, 0.29) is 20.1 Å². The summed E-state index contributed by atoms with van der Waals surface area (Å²) < 4.78 is 8.50. The third-order valence-corrected chi connectivity index (χ3v) is 7.62. The molecule has 0 saturated heterocycles. The molecule has 0 atom stereocenters. The van der Waals surface area contributed by atoms with Gasteiger partial charge in [-0.25, -0.2) is 0 Å². The maximum Gasteiger partial charge on any atom is 0.120 e. The van der Waals surface area contributed by atoms with Gasteiger partial charge in [0.1, 0.15) is 5.58 Å². The number of imidazole rings is 1. The molecule has 0 unspecified atom stereocenters. The number of hydrogen-bond donors (Lipinski definition) is 0. The zero-order valence-corrected chi connectivity index (χ0v) is 26.3. The van der Waals surface area contributed by atoms with E-state index in [1.807, 2.05) is 109 Å². The molecule has 9 aromatic rings. The third-order valence-electron chi connectivity index (χ3n) is 7.62. The van der Waals surface area contributed by atoms with Crippen molar-refractivity contribution in [3.63, 3.8) is 0 Å². The minimum Gasteiger partial charge on any atom is -0.501 e. The average Bonchev–Trinajstić information content (AvgIpc) is 3.69. The van der Waals surface area contributed by atoms with Crippen LogP contribution in [-0.4, -0.2) is 19.5 Å². The number of rotatable bonds is 3. The molecular weight excluding hydrogens is 733 g/mol. The minimum absolute atomic E-state index is 0. The van der Waals surface area contributed by atoms with Gasteiger partial charge in [0.05, 0.1) is 34.2 Å². The van der Waals surface area contributed by atoms with Crippen molar-refractivity contribution in [2.24, 2.45) is 0 Å². The van der Waals surface area contributed by atoms with Crippen molar-refractivity contribution in [1.29, 1.82) is 0 Å². The largest absolute Gasteiger partial charge is 0.501 e. The van der Waals surface area contributed by atoms with Gasteiger partial charge in [-0.15, -0.1) is 54.1 Å². The Balaban J connectivity index is 0.000000211. The molecule has 6 heteroatoms. The number of furan rings is 1. The van der Waals surface area contributed by atoms with Crippen molar-refractivity contribution < 1.29 is 24.5 Å². The van der Waals surface area contributed by atoms with Crippen molar-refractivity contribution in [1.82, 2.24) is 19.5 Å². The summed E-state index contributed by atoms with van der Waals surface area (Å²) in [6.45, 7) is 0. The number of fused-ring (bicyclic) bond motifs is 6. The predicted molar refractivity (Wildman–Crippen MR) is 176 cm³/mol. The van der Waals surface area contributed by atoms with Gasteiger partial charge >= 0.3 is 0 Å². The molecule has 217 valence electrons. The molecule has 0 fully saturated rings. The van der Waals surface area contributed by atoms with Crippen molar-refractivity contribution in [2.75, 3.05) is 0 Å². The SMILES string of the molecule is [Ir].[c-]1ccc2c(oc3ccccc32)c1-c1nc2cnc3ccccc3c2n1-c1ccccc1.[c-]1ccccc1-c1ccccn1. The predicted octanol–water partition coefficient (Wildman–Crippen LogP) is 9.49. The third kappa shape index (κ3) is 5.21. The zero-order valence-electron chi connectivity index (χ0n) is 23.9. The van der Waals surface area contributed by atoms with E-state index >= 15 is 0 Å². The number of benzene rings is 5. The second-order valence-corrected chi connectivity index (χ2v) is 10.3. The molecule has 5 aromatic carbocycles. The molecule has 0 aliphatic carbocycles. The van der Waals surface area contributed by atoms with Gasteiger partial charge in [0, 0.05) is 42.8 Å². The van der Waals surface area contributed by atoms with Crippen LogP contribution in [0.25, 0.3) is 72.2 Å². The van der Waals surface area contributed by atoms with Gasteiger partial charge in [-0.05, 0) is 36.0 Å². The molecule has 4 heterocycles. The van der Waals surface area contributed by atoms with Crippen molar-refractivity contribution in [2.45, 2.75) is 0 Å². The van der Waals surface area contributed by atoms with Crippen LogP contribution >= 0.6 is 0 Å². The summed E-state index contributed by atoms with van der Waals surface area (Å²) >= 11 is 0. The van der Waals surface area contributed by atoms with Crippen LogP contribution in [-0.2, 0) is 20.1 Å². The monoisotopic (exact) mass is 757 g/mol. The summed E-state index contributed by atoms with van der Waals surface area (Å²) in [6.07, 6.45) is 3.63. The number of para-hydroxylation sites is 3. The molecule has 0 aliphatic heterocycles. The quantitative estimate of drug-likeness (QED) is 0.169. The van der Waals surface area contributed by atoms with Crippen molar-refractivity contribution in [3.05, 3.63) is 158 Å². The zero-order chi connectivity index (χ0) is 29.3. The van der Waals surface area contributed by atoms with E-state index in [0.717, 1.165) is 72.2 Å². The molecule has 0 spiro atoms. The first-order chi connectivity index (χ1) is 21.8. The van der Waals surface area contributed by atoms with Gasteiger partial charge < -0.3 is 14.0 Å². The van der Waals surface area contributed by atoms with E-state index < -0.39 is 0 Å². The Morgan fingerprint density at radius 2 is 1.38 bits per heavy atom. The molecule has 45 heavy (non-hydrogen) atoms. The van der Waals surface area contributed by atoms with E-state index in [0.29, 0.717) is 0 Å². The van der Waals surface area contributed by atoms with Crippen LogP contribution in [0.2, 0.25) is 0 Å². The summed E-state index contributed by atoms with van der Waals surface area (Å²) in [5.74, 6) is 0.786. The fourth-order valence-corrected chi connectivity index (χ4v) is 5.63. The van der Waals surface area contributed by atoms with E-state index in [1.165, 1.54) is 0 Å². The smallest absolute Gasteiger partial charge is 0.120 e. The van der Waals surface area contributed by atoms with Crippen LogP contribution in [0.5, 0.6) is 0 Å². The Kier molecular flexibility index (Phi) is 7.74. The fraction of sp³-hybridized carbons (Fsp3) is 0. The van der Waals surface area contributed by atoms with Crippen LogP contribution in [0, 0.1) is 12.1 Å². The summed E-state index contributed by atoms with van der Waals surface area (Å²) in [7, 11) is 0. The number of nitrogens with zero attached hydrogens (tertiary/aromatic N) is 4. The Morgan fingerprint density at radius 1 is 0.600 bits per heavy atom. The molecule has 0 N–H and O–H groups in total. The second kappa shape index (κ2) is 12.3. The Morgan fingerprint density at radius 3 is 2.20 bits per heavy atom. The maximum absolute atomic E-state index is 6.31. The van der Waals surface area contributed by atoms with Crippen LogP contribution < -0.4 is 0 Å². The normalized spacial score (nSPS) is 10.9. The van der Waals surface area contributed by atoms with Crippen LogP contribution in [0.1, 0.15) is 0 Å². The maximum atomic E-state index is 6.31. The van der Waals surface area contributed by atoms with Gasteiger partial charge in [0.25, 0.3) is 0 Å². The summed E-state index contributed by atoms with van der Waals surface area (Å²) in [5, 5.41) is 3.21. The Hall–Kier alpha value is -5.42. The Labute approximate surface area is 273 Å². The molecule has 0 aliphatic rings. The first kappa shape index (κ1) is 28.4. The number of hydrogen-bond acceptors (Lipinski definition) is 4. The van der Waals surface area contributed by atoms with Gasteiger partial charge in [-0.2, -0.15) is 0 Å². The van der Waals surface area contributed by atoms with E-state index in [1.54, 1.807) is 6.20 Å². The summed E-state index contributed by atoms with van der Waals surface area (Å²) in [4.78, 5) is 13.9. The summed E-state index contributed by atoms with van der Waals surface area (Å²) in [6, 6.07) is 50.8. The number of pyridine rings is 2. The van der Waals surface area contributed by atoms with Crippen LogP contribution in [0.4, 0.5) is 0 Å². The topological polar surface area (TPSA) is 56.7 Å². The molecule has 5 nitrogen and oxygen atoms in total. The molecule has 0 amide bonds. The van der Waals surface area contributed by atoms with Gasteiger partial charge in [-0.3, -0.25) is 9.97 Å². The Bertz CT molecular complexity index is 2350. The fourth-order valence-electron chi connectivity index (χ4n) is 5.63. The molecule has 1 radical (unpaired) electrons. The molecule has 0 bridgehead atoms. The second-order valence-electron chi connectivity index (χ2n) is 10.3. The van der Waals surface area contributed by atoms with Gasteiger partial charge in [0.15, 0.2) is 0 Å². The first-order valence-corrected chi connectivity index (χ1v) is 14.4. The van der Waals surface area contributed by atoms with Crippen LogP contribution in [0.15, 0.2) is 150 Å². The average molecular weight is 757 g/mol. The van der Waals surface area contributed by atoms with E-state index in [2.05, 4.69) is 57.0 Å².